The summed E-state index contributed by atoms with van der Waals surface area (Å²) < 4.78 is 0. The van der Waals surface area contributed by atoms with Gasteiger partial charge < -0.3 is 4.84 Å². The molecule has 0 spiro atoms. The number of nitrogens with one attached hydrogen (secondary N) is 1. The van der Waals surface area contributed by atoms with Crippen molar-refractivity contribution in [3.05, 3.63) is 35.4 Å². The first-order chi connectivity index (χ1) is 6.81. The third-order valence-electron chi connectivity index (χ3n) is 1.81. The molecule has 0 fully saturated rings. The highest BCUT2D eigenvalue weighted by molar-refractivity contribution is 7.77. The highest BCUT2D eigenvalue weighted by Crippen LogP contribution is 2.30. The molecule has 0 aliphatic carbocycles. The number of hydrogen-bond acceptors (Lipinski definition) is 6. The van der Waals surface area contributed by atoms with E-state index in [0.717, 1.165) is 5.56 Å². The van der Waals surface area contributed by atoms with E-state index in [2.05, 4.69) is 27.9 Å². The van der Waals surface area contributed by atoms with Gasteiger partial charge in [-0.1, -0.05) is 29.8 Å². The van der Waals surface area contributed by atoms with E-state index in [1.54, 1.807) is 24.3 Å². The normalized spacial score (nSPS) is 14.1. The van der Waals surface area contributed by atoms with Crippen LogP contribution in [0.3, 0.4) is 0 Å². The molecule has 0 aromatic heterocycles. The van der Waals surface area contributed by atoms with Crippen molar-refractivity contribution in [3.63, 3.8) is 0 Å². The Morgan fingerprint density at radius 1 is 1.36 bits per heavy atom. The van der Waals surface area contributed by atoms with Crippen molar-refractivity contribution in [2.24, 2.45) is 10.2 Å². The van der Waals surface area contributed by atoms with Crippen molar-refractivity contribution in [3.8, 4) is 0 Å². The zero-order valence-electron chi connectivity index (χ0n) is 7.04. The zero-order chi connectivity index (χ0) is 9.97. The molecule has 5 nitrogen and oxygen atoms in total. The van der Waals surface area contributed by atoms with Crippen molar-refractivity contribution in [1.29, 1.82) is 0 Å². The van der Waals surface area contributed by atoms with Crippen LogP contribution in [-0.4, -0.2) is 5.97 Å². The maximum Gasteiger partial charge on any atom is 0.357 e. The quantitative estimate of drug-likeness (QED) is 0.587. The lowest BCUT2D eigenvalue weighted by atomic mass is 10.1. The second-order valence-corrected chi connectivity index (χ2v) is 2.89. The van der Waals surface area contributed by atoms with Gasteiger partial charge in [-0.25, -0.2) is 4.79 Å². The summed E-state index contributed by atoms with van der Waals surface area (Å²) in [5.41, 5.74) is 1.43. The van der Waals surface area contributed by atoms with Crippen LogP contribution in [0.15, 0.2) is 34.5 Å². The molecule has 0 saturated heterocycles. The molecule has 1 aromatic carbocycles. The van der Waals surface area contributed by atoms with E-state index in [4.69, 9.17) is 0 Å². The summed E-state index contributed by atoms with van der Waals surface area (Å²) in [5, 5.41) is 7.54. The van der Waals surface area contributed by atoms with Crippen LogP contribution in [0, 0.1) is 0 Å². The van der Waals surface area contributed by atoms with Gasteiger partial charge in [-0.05, 0) is 12.1 Å². The highest BCUT2D eigenvalue weighted by atomic mass is 32.1. The number of carbonyl (C=O) groups is 1. The van der Waals surface area contributed by atoms with E-state index in [0.29, 0.717) is 5.56 Å². The number of carbonyl (C=O) groups excluding carboxylic acids is 1. The molecule has 1 aliphatic heterocycles. The van der Waals surface area contributed by atoms with E-state index in [1.165, 1.54) is 0 Å². The Bertz CT molecular complexity index is 371. The van der Waals surface area contributed by atoms with Gasteiger partial charge >= 0.3 is 5.97 Å². The molecule has 0 atom stereocenters. The van der Waals surface area contributed by atoms with Gasteiger partial charge in [0.25, 0.3) is 0 Å². The van der Waals surface area contributed by atoms with E-state index in [1.807, 2.05) is 4.89 Å². The van der Waals surface area contributed by atoms with Gasteiger partial charge in [0.15, 0.2) is 0 Å². The first-order valence-electron chi connectivity index (χ1n) is 3.91. The standard InChI is InChI=1S/C8H7N3O2S/c12-8(13-11-14)6-3-1-5(2-4-6)7-9-10-7/h1-4,7,11,14H. The summed E-state index contributed by atoms with van der Waals surface area (Å²) in [6, 6.07) is 6.90. The molecule has 0 amide bonds. The van der Waals surface area contributed by atoms with E-state index >= 15 is 0 Å². The van der Waals surface area contributed by atoms with Crippen LogP contribution in [0.1, 0.15) is 22.1 Å². The minimum Gasteiger partial charge on any atom is -0.356 e. The Labute approximate surface area is 85.7 Å². The molecular formula is C8H7N3O2S. The molecule has 1 heterocycles. The Morgan fingerprint density at radius 2 is 2.00 bits per heavy atom. The summed E-state index contributed by atoms with van der Waals surface area (Å²) in [6.07, 6.45) is -0.0388. The number of hydrogen-bond donors (Lipinski definition) is 2. The average Bonchev–Trinajstić information content (AvgIpc) is 3.02. The maximum absolute atomic E-state index is 11.2. The summed E-state index contributed by atoms with van der Waals surface area (Å²) in [4.78, 5) is 17.7. The van der Waals surface area contributed by atoms with Gasteiger partial charge in [0, 0.05) is 5.56 Å². The van der Waals surface area contributed by atoms with E-state index < -0.39 is 5.97 Å². The van der Waals surface area contributed by atoms with Crippen LogP contribution in [0.25, 0.3) is 0 Å². The lowest BCUT2D eigenvalue weighted by Crippen LogP contribution is -2.10. The molecular weight excluding hydrogens is 202 g/mol. The maximum atomic E-state index is 11.2. The summed E-state index contributed by atoms with van der Waals surface area (Å²) in [6.45, 7) is 0. The molecule has 0 unspecified atom stereocenters. The number of thiol groups is 1. The van der Waals surface area contributed by atoms with Crippen LogP contribution < -0.4 is 4.89 Å². The second kappa shape index (κ2) is 3.77. The highest BCUT2D eigenvalue weighted by Gasteiger charge is 2.18. The van der Waals surface area contributed by atoms with Crippen molar-refractivity contribution in [2.75, 3.05) is 0 Å². The van der Waals surface area contributed by atoms with Crippen LogP contribution in [0.4, 0.5) is 0 Å². The lowest BCUT2D eigenvalue weighted by molar-refractivity contribution is 0.0429. The first-order valence-corrected chi connectivity index (χ1v) is 4.36. The van der Waals surface area contributed by atoms with Gasteiger partial charge in [-0.2, -0.15) is 10.2 Å². The molecule has 0 saturated carbocycles. The summed E-state index contributed by atoms with van der Waals surface area (Å²) in [7, 11) is 0. The molecule has 72 valence electrons. The Balaban J connectivity index is 2.08. The predicted molar refractivity (Wildman–Crippen MR) is 51.6 cm³/mol. The van der Waals surface area contributed by atoms with Crippen molar-refractivity contribution < 1.29 is 9.63 Å². The molecule has 1 N–H and O–H groups in total. The molecule has 2 rings (SSSR count). The summed E-state index contributed by atoms with van der Waals surface area (Å²) in [5.74, 6) is -0.476. The third-order valence-corrected chi connectivity index (χ3v) is 1.91. The minimum absolute atomic E-state index is 0.0388. The Morgan fingerprint density at radius 3 is 2.50 bits per heavy atom. The van der Waals surface area contributed by atoms with Gasteiger partial charge in [0.1, 0.15) is 0 Å². The molecule has 14 heavy (non-hydrogen) atoms. The molecule has 1 aliphatic rings. The van der Waals surface area contributed by atoms with E-state index in [-0.39, 0.29) is 6.17 Å². The van der Waals surface area contributed by atoms with Gasteiger partial charge in [0.05, 0.1) is 5.56 Å². The minimum atomic E-state index is -0.476. The average molecular weight is 209 g/mol. The van der Waals surface area contributed by atoms with Crippen molar-refractivity contribution in [2.45, 2.75) is 6.17 Å². The fourth-order valence-electron chi connectivity index (χ4n) is 1.06. The van der Waals surface area contributed by atoms with Gasteiger partial charge in [-0.3, -0.25) is 0 Å². The number of benzene rings is 1. The monoisotopic (exact) mass is 209 g/mol. The second-order valence-electron chi connectivity index (χ2n) is 2.71. The van der Waals surface area contributed by atoms with Crippen LogP contribution in [0.2, 0.25) is 0 Å². The number of nitrogens with zero attached hydrogens (tertiary/aromatic N) is 2. The van der Waals surface area contributed by atoms with Crippen LogP contribution >= 0.6 is 12.8 Å². The SMILES string of the molecule is O=C(ONS)c1ccc(C2N=N2)cc1. The zero-order valence-corrected chi connectivity index (χ0v) is 7.94. The molecule has 1 aromatic rings. The summed E-state index contributed by atoms with van der Waals surface area (Å²) >= 11 is 3.55. The van der Waals surface area contributed by atoms with Crippen LogP contribution in [0.5, 0.6) is 0 Å². The topological polar surface area (TPSA) is 63.0 Å². The fraction of sp³-hybridized carbons (Fsp3) is 0.125. The largest absolute Gasteiger partial charge is 0.357 e. The smallest absolute Gasteiger partial charge is 0.356 e. The molecule has 0 bridgehead atoms. The molecule has 6 heteroatoms. The predicted octanol–water partition coefficient (Wildman–Crippen LogP) is 1.66. The van der Waals surface area contributed by atoms with Gasteiger partial charge in [-0.15, -0.1) is 0 Å². The van der Waals surface area contributed by atoms with Crippen LogP contribution in [-0.2, 0) is 4.84 Å². The van der Waals surface area contributed by atoms with Gasteiger partial charge in [0.2, 0.25) is 6.17 Å². The lowest BCUT2D eigenvalue weighted by Gasteiger charge is -2.00. The Hall–Kier alpha value is -1.40. The molecule has 0 radical (unpaired) electrons. The van der Waals surface area contributed by atoms with E-state index in [9.17, 15) is 4.79 Å². The van der Waals surface area contributed by atoms with Crippen molar-refractivity contribution >= 4 is 18.8 Å². The fourth-order valence-corrected chi connectivity index (χ4v) is 1.14. The Kier molecular flexibility index (Phi) is 2.47. The first kappa shape index (κ1) is 9.17. The third kappa shape index (κ3) is 1.91. The number of rotatable bonds is 3. The van der Waals surface area contributed by atoms with Crippen molar-refractivity contribution in [1.82, 2.24) is 4.89 Å².